The number of alkyl halides is 3. The Balaban J connectivity index is 3.03. The Morgan fingerprint density at radius 1 is 1.33 bits per heavy atom. The van der Waals surface area contributed by atoms with Crippen molar-refractivity contribution < 1.29 is 13.2 Å². The van der Waals surface area contributed by atoms with Gasteiger partial charge in [-0.3, -0.25) is 0 Å². The molecule has 0 aliphatic heterocycles. The summed E-state index contributed by atoms with van der Waals surface area (Å²) in [5, 5.41) is 8.64. The lowest BCUT2D eigenvalue weighted by molar-refractivity contribution is -0.0328. The zero-order chi connectivity index (χ0) is 11.5. The van der Waals surface area contributed by atoms with E-state index in [1.807, 2.05) is 13.0 Å². The summed E-state index contributed by atoms with van der Waals surface area (Å²) in [6.45, 7) is 1.83. The SMILES string of the molecule is CCc1cc(C#N)cc(SC(F)(F)F)c1. The van der Waals surface area contributed by atoms with Crippen molar-refractivity contribution in [2.75, 3.05) is 0 Å². The van der Waals surface area contributed by atoms with Crippen LogP contribution in [-0.2, 0) is 6.42 Å². The van der Waals surface area contributed by atoms with E-state index in [0.29, 0.717) is 6.42 Å². The summed E-state index contributed by atoms with van der Waals surface area (Å²) in [6.07, 6.45) is 0.612. The van der Waals surface area contributed by atoms with Gasteiger partial charge >= 0.3 is 5.51 Å². The third kappa shape index (κ3) is 3.84. The van der Waals surface area contributed by atoms with Gasteiger partial charge in [0.05, 0.1) is 11.6 Å². The molecule has 0 saturated carbocycles. The van der Waals surface area contributed by atoms with E-state index in [1.165, 1.54) is 12.1 Å². The lowest BCUT2D eigenvalue weighted by atomic mass is 10.1. The van der Waals surface area contributed by atoms with Crippen LogP contribution in [-0.4, -0.2) is 5.51 Å². The average Bonchev–Trinajstić information content (AvgIpc) is 2.14. The fourth-order valence-corrected chi connectivity index (χ4v) is 1.79. The standard InChI is InChI=1S/C10H8F3NS/c1-2-7-3-8(6-14)5-9(4-7)15-10(11,12)13/h3-5H,2H2,1H3. The van der Waals surface area contributed by atoms with Gasteiger partial charge in [0.25, 0.3) is 0 Å². The minimum atomic E-state index is -4.31. The number of thioether (sulfide) groups is 1. The zero-order valence-corrected chi connectivity index (χ0v) is 8.75. The molecule has 1 nitrogen and oxygen atoms in total. The first-order valence-corrected chi connectivity index (χ1v) is 5.06. The van der Waals surface area contributed by atoms with Gasteiger partial charge in [0, 0.05) is 4.90 Å². The lowest BCUT2D eigenvalue weighted by Gasteiger charge is -2.07. The van der Waals surface area contributed by atoms with Crippen LogP contribution in [0.25, 0.3) is 0 Å². The molecule has 0 saturated heterocycles. The van der Waals surface area contributed by atoms with Gasteiger partial charge in [0.15, 0.2) is 0 Å². The summed E-state index contributed by atoms with van der Waals surface area (Å²) in [5.41, 5.74) is -3.30. The molecule has 80 valence electrons. The molecule has 5 heteroatoms. The summed E-state index contributed by atoms with van der Waals surface area (Å²) in [4.78, 5) is 0.0680. The van der Waals surface area contributed by atoms with E-state index >= 15 is 0 Å². The van der Waals surface area contributed by atoms with Gasteiger partial charge in [-0.15, -0.1) is 0 Å². The minimum Gasteiger partial charge on any atom is -0.192 e. The number of halogens is 3. The molecule has 0 radical (unpaired) electrons. The maximum atomic E-state index is 12.1. The number of nitriles is 1. The molecule has 0 unspecified atom stereocenters. The molecule has 0 fully saturated rings. The van der Waals surface area contributed by atoms with Gasteiger partial charge in [-0.1, -0.05) is 6.92 Å². The van der Waals surface area contributed by atoms with Gasteiger partial charge in [0.2, 0.25) is 0 Å². The van der Waals surface area contributed by atoms with E-state index in [0.717, 1.165) is 5.56 Å². The van der Waals surface area contributed by atoms with Gasteiger partial charge in [-0.25, -0.2) is 0 Å². The van der Waals surface area contributed by atoms with Crippen molar-refractivity contribution in [3.8, 4) is 6.07 Å². The minimum absolute atomic E-state index is 0.0680. The Hall–Kier alpha value is -1.15. The second-order valence-corrected chi connectivity index (χ2v) is 4.02. The third-order valence-corrected chi connectivity index (χ3v) is 2.44. The van der Waals surface area contributed by atoms with Crippen LogP contribution in [0.1, 0.15) is 18.1 Å². The number of benzene rings is 1. The molecule has 0 aliphatic carbocycles. The number of hydrogen-bond acceptors (Lipinski definition) is 2. The van der Waals surface area contributed by atoms with Crippen molar-refractivity contribution in [1.29, 1.82) is 5.26 Å². The van der Waals surface area contributed by atoms with E-state index in [4.69, 9.17) is 5.26 Å². The first-order chi connectivity index (χ1) is 6.94. The van der Waals surface area contributed by atoms with E-state index in [2.05, 4.69) is 0 Å². The zero-order valence-electron chi connectivity index (χ0n) is 7.93. The molecule has 0 N–H and O–H groups in total. The summed E-state index contributed by atoms with van der Waals surface area (Å²) in [5.74, 6) is 0. The van der Waals surface area contributed by atoms with Gasteiger partial charge in [-0.2, -0.15) is 18.4 Å². The Labute approximate surface area is 89.9 Å². The van der Waals surface area contributed by atoms with E-state index in [-0.39, 0.29) is 22.2 Å². The molecule has 0 bridgehead atoms. The van der Waals surface area contributed by atoms with Gasteiger partial charge in [0.1, 0.15) is 0 Å². The molecule has 1 rings (SSSR count). The maximum absolute atomic E-state index is 12.1. The fraction of sp³-hybridized carbons (Fsp3) is 0.300. The molecule has 1 aromatic rings. The first kappa shape index (κ1) is 11.9. The molecule has 0 atom stereocenters. The van der Waals surface area contributed by atoms with E-state index in [9.17, 15) is 13.2 Å². The lowest BCUT2D eigenvalue weighted by Crippen LogP contribution is -1.99. The molecule has 1 aromatic carbocycles. The highest BCUT2D eigenvalue weighted by Crippen LogP contribution is 2.37. The predicted molar refractivity (Wildman–Crippen MR) is 52.4 cm³/mol. The fourth-order valence-electron chi connectivity index (χ4n) is 1.12. The van der Waals surface area contributed by atoms with E-state index < -0.39 is 5.51 Å². The molecule has 15 heavy (non-hydrogen) atoms. The van der Waals surface area contributed by atoms with Gasteiger partial charge < -0.3 is 0 Å². The van der Waals surface area contributed by atoms with Crippen LogP contribution in [0, 0.1) is 11.3 Å². The average molecular weight is 231 g/mol. The molecule has 0 spiro atoms. The Morgan fingerprint density at radius 2 is 2.00 bits per heavy atom. The van der Waals surface area contributed by atoms with Crippen LogP contribution in [0.4, 0.5) is 13.2 Å². The van der Waals surface area contributed by atoms with Crippen LogP contribution in [0.3, 0.4) is 0 Å². The molecule has 0 aromatic heterocycles. The highest BCUT2D eigenvalue weighted by Gasteiger charge is 2.29. The summed E-state index contributed by atoms with van der Waals surface area (Å²) >= 11 is -0.191. The first-order valence-electron chi connectivity index (χ1n) is 4.24. The van der Waals surface area contributed by atoms with Crippen LogP contribution >= 0.6 is 11.8 Å². The van der Waals surface area contributed by atoms with Crippen molar-refractivity contribution in [3.05, 3.63) is 29.3 Å². The van der Waals surface area contributed by atoms with Crippen molar-refractivity contribution in [3.63, 3.8) is 0 Å². The molecule has 0 amide bonds. The van der Waals surface area contributed by atoms with Crippen LogP contribution in [0.15, 0.2) is 23.1 Å². The van der Waals surface area contributed by atoms with E-state index in [1.54, 1.807) is 6.07 Å². The van der Waals surface area contributed by atoms with Crippen molar-refractivity contribution >= 4 is 11.8 Å². The summed E-state index contributed by atoms with van der Waals surface area (Å²) < 4.78 is 36.3. The van der Waals surface area contributed by atoms with Gasteiger partial charge in [-0.05, 0) is 41.9 Å². The maximum Gasteiger partial charge on any atom is 0.446 e. The smallest absolute Gasteiger partial charge is 0.192 e. The normalized spacial score (nSPS) is 11.1. The molecule has 0 heterocycles. The van der Waals surface area contributed by atoms with Crippen LogP contribution in [0.5, 0.6) is 0 Å². The predicted octanol–water partition coefficient (Wildman–Crippen LogP) is 3.73. The second-order valence-electron chi connectivity index (χ2n) is 2.88. The number of nitrogens with zero attached hydrogens (tertiary/aromatic N) is 1. The molecular weight excluding hydrogens is 223 g/mol. The van der Waals surface area contributed by atoms with Crippen molar-refractivity contribution in [2.24, 2.45) is 0 Å². The summed E-state index contributed by atoms with van der Waals surface area (Å²) in [6, 6.07) is 6.15. The quantitative estimate of drug-likeness (QED) is 0.724. The Kier molecular flexibility index (Phi) is 3.64. The van der Waals surface area contributed by atoms with Crippen LogP contribution < -0.4 is 0 Å². The molecular formula is C10H8F3NS. The summed E-state index contributed by atoms with van der Waals surface area (Å²) in [7, 11) is 0. The second kappa shape index (κ2) is 4.58. The largest absolute Gasteiger partial charge is 0.446 e. The number of aryl methyl sites for hydroxylation is 1. The van der Waals surface area contributed by atoms with Crippen molar-refractivity contribution in [2.45, 2.75) is 23.7 Å². The monoisotopic (exact) mass is 231 g/mol. The van der Waals surface area contributed by atoms with Crippen LogP contribution in [0.2, 0.25) is 0 Å². The highest BCUT2D eigenvalue weighted by molar-refractivity contribution is 8.00. The third-order valence-electron chi connectivity index (χ3n) is 1.74. The van der Waals surface area contributed by atoms with Crippen molar-refractivity contribution in [1.82, 2.24) is 0 Å². The Bertz CT molecular complexity index is 393. The number of hydrogen-bond donors (Lipinski definition) is 0. The highest BCUT2D eigenvalue weighted by atomic mass is 32.2. The molecule has 0 aliphatic rings. The Morgan fingerprint density at radius 3 is 2.47 bits per heavy atom. The number of rotatable bonds is 2. The topological polar surface area (TPSA) is 23.8 Å².